The molecular weight excluding hydrogens is 384 g/mol. The third-order valence-electron chi connectivity index (χ3n) is 6.56. The lowest BCUT2D eigenvalue weighted by molar-refractivity contribution is -0.128. The van der Waals surface area contributed by atoms with Gasteiger partial charge >= 0.3 is 0 Å². The van der Waals surface area contributed by atoms with E-state index in [4.69, 9.17) is 9.47 Å². The van der Waals surface area contributed by atoms with Crippen molar-refractivity contribution in [3.05, 3.63) is 18.2 Å². The molecule has 2 bridgehead atoms. The summed E-state index contributed by atoms with van der Waals surface area (Å²) in [5.41, 5.74) is -0.702. The molecule has 2 aliphatic carbocycles. The number of carbonyl (C=O) groups is 1. The van der Waals surface area contributed by atoms with E-state index >= 15 is 0 Å². The van der Waals surface area contributed by atoms with Gasteiger partial charge in [-0.25, -0.2) is 4.72 Å². The summed E-state index contributed by atoms with van der Waals surface area (Å²) in [6.07, 6.45) is 5.09. The Hall–Kier alpha value is -1.40. The second-order valence-corrected chi connectivity index (χ2v) is 10.3. The number of carbonyl (C=O) groups excluding carboxylic acids is 1. The van der Waals surface area contributed by atoms with E-state index in [-0.39, 0.29) is 11.9 Å². The van der Waals surface area contributed by atoms with Crippen LogP contribution in [-0.2, 0) is 4.79 Å². The van der Waals surface area contributed by atoms with Crippen molar-refractivity contribution in [1.29, 1.82) is 0 Å². The molecule has 2 saturated carbocycles. The lowest BCUT2D eigenvalue weighted by Crippen LogP contribution is -2.58. The second kappa shape index (κ2) is 9.17. The zero-order chi connectivity index (χ0) is 21.2. The van der Waals surface area contributed by atoms with Crippen molar-refractivity contribution >= 4 is 17.9 Å². The van der Waals surface area contributed by atoms with Gasteiger partial charge in [-0.05, 0) is 87.3 Å². The maximum absolute atomic E-state index is 13.2. The fraction of sp³-hybridized carbons (Fsp3) is 0.696. The van der Waals surface area contributed by atoms with E-state index in [9.17, 15) is 4.79 Å². The first-order chi connectivity index (χ1) is 13.7. The van der Waals surface area contributed by atoms with Gasteiger partial charge in [-0.1, -0.05) is 13.8 Å². The van der Waals surface area contributed by atoms with Gasteiger partial charge in [-0.2, -0.15) is 0 Å². The molecule has 29 heavy (non-hydrogen) atoms. The first-order valence-corrected chi connectivity index (χ1v) is 11.5. The minimum atomic E-state index is -0.702. The number of ether oxygens (including phenoxy) is 2. The summed E-state index contributed by atoms with van der Waals surface area (Å²) in [6, 6.07) is 5.96. The molecule has 1 amide bonds. The molecule has 0 saturated heterocycles. The highest BCUT2D eigenvalue weighted by molar-refractivity contribution is 7.97. The Balaban J connectivity index is 1.62. The Morgan fingerprint density at radius 2 is 1.86 bits per heavy atom. The van der Waals surface area contributed by atoms with Crippen molar-refractivity contribution in [3.63, 3.8) is 0 Å². The molecule has 1 aromatic rings. The largest absolute Gasteiger partial charge is 0.497 e. The van der Waals surface area contributed by atoms with Gasteiger partial charge in [0.1, 0.15) is 17.0 Å². The van der Waals surface area contributed by atoms with E-state index in [1.54, 1.807) is 14.2 Å². The lowest BCUT2D eigenvalue weighted by Gasteiger charge is -2.47. The summed E-state index contributed by atoms with van der Waals surface area (Å²) in [5, 5.41) is 3.40. The molecule has 1 aromatic carbocycles. The van der Waals surface area contributed by atoms with Gasteiger partial charge in [-0.15, -0.1) is 0 Å². The predicted octanol–water partition coefficient (Wildman–Crippen LogP) is 4.66. The van der Waals surface area contributed by atoms with E-state index in [0.717, 1.165) is 28.2 Å². The van der Waals surface area contributed by atoms with Crippen LogP contribution in [0.1, 0.15) is 53.4 Å². The van der Waals surface area contributed by atoms with Crippen LogP contribution in [-0.4, -0.2) is 31.7 Å². The van der Waals surface area contributed by atoms with E-state index in [1.807, 2.05) is 32.0 Å². The highest BCUT2D eigenvalue weighted by atomic mass is 32.2. The molecule has 5 unspecified atom stereocenters. The van der Waals surface area contributed by atoms with Crippen molar-refractivity contribution < 1.29 is 14.3 Å². The predicted molar refractivity (Wildman–Crippen MR) is 118 cm³/mol. The van der Waals surface area contributed by atoms with E-state index in [0.29, 0.717) is 11.8 Å². The standard InChI is InChI=1S/C23H36N2O3S/c1-14-9-16-11-15(2)21(17(10-14)12-16)24-22(26)23(3,4)25-29-20-8-7-18(27-5)13-19(20)28-6/h7-8,13-17,21,25H,9-12H2,1-6H3,(H,24,26). The van der Waals surface area contributed by atoms with Gasteiger partial charge in [0.25, 0.3) is 0 Å². The van der Waals surface area contributed by atoms with Crippen molar-refractivity contribution in [3.8, 4) is 11.5 Å². The smallest absolute Gasteiger partial charge is 0.240 e. The minimum absolute atomic E-state index is 0.0611. The molecule has 6 heteroatoms. The number of amides is 1. The highest BCUT2D eigenvalue weighted by Gasteiger charge is 2.42. The summed E-state index contributed by atoms with van der Waals surface area (Å²) in [7, 11) is 3.27. The third kappa shape index (κ3) is 5.21. The Bertz CT molecular complexity index is 720. The van der Waals surface area contributed by atoms with Crippen molar-refractivity contribution in [2.75, 3.05) is 14.2 Å². The average Bonchev–Trinajstić information content (AvgIpc) is 2.68. The van der Waals surface area contributed by atoms with Crippen LogP contribution in [0, 0.1) is 23.7 Å². The van der Waals surface area contributed by atoms with Crippen LogP contribution in [0.25, 0.3) is 0 Å². The van der Waals surface area contributed by atoms with Gasteiger partial charge in [0, 0.05) is 12.1 Å². The summed E-state index contributed by atoms with van der Waals surface area (Å²) >= 11 is 1.42. The number of nitrogens with one attached hydrogen (secondary N) is 2. The van der Waals surface area contributed by atoms with Crippen LogP contribution in [0.2, 0.25) is 0 Å². The highest BCUT2D eigenvalue weighted by Crippen LogP contribution is 2.45. The molecule has 2 N–H and O–H groups in total. The van der Waals surface area contributed by atoms with E-state index in [1.165, 1.54) is 37.6 Å². The molecule has 3 rings (SSSR count). The zero-order valence-electron chi connectivity index (χ0n) is 18.6. The Morgan fingerprint density at radius 3 is 2.55 bits per heavy atom. The lowest BCUT2D eigenvalue weighted by atomic mass is 9.63. The maximum atomic E-state index is 13.2. The van der Waals surface area contributed by atoms with Gasteiger partial charge in [0.15, 0.2) is 0 Å². The monoisotopic (exact) mass is 420 g/mol. The van der Waals surface area contributed by atoms with Gasteiger partial charge in [0.05, 0.1) is 19.1 Å². The molecule has 0 spiro atoms. The molecule has 0 aliphatic heterocycles. The van der Waals surface area contributed by atoms with E-state index in [2.05, 4.69) is 23.9 Å². The van der Waals surface area contributed by atoms with Crippen LogP contribution in [0.5, 0.6) is 11.5 Å². The molecule has 0 radical (unpaired) electrons. The molecular formula is C23H36N2O3S. The molecule has 2 fully saturated rings. The van der Waals surface area contributed by atoms with E-state index < -0.39 is 5.54 Å². The average molecular weight is 421 g/mol. The summed E-state index contributed by atoms with van der Waals surface area (Å²) in [4.78, 5) is 14.1. The fourth-order valence-corrected chi connectivity index (χ4v) is 5.94. The quantitative estimate of drug-likeness (QED) is 0.629. The van der Waals surface area contributed by atoms with Crippen molar-refractivity contribution in [1.82, 2.24) is 10.0 Å². The van der Waals surface area contributed by atoms with Crippen LogP contribution < -0.4 is 19.5 Å². The molecule has 5 atom stereocenters. The maximum Gasteiger partial charge on any atom is 0.240 e. The Morgan fingerprint density at radius 1 is 1.10 bits per heavy atom. The zero-order valence-corrected chi connectivity index (χ0v) is 19.4. The summed E-state index contributed by atoms with van der Waals surface area (Å²) in [5.74, 6) is 4.30. The summed E-state index contributed by atoms with van der Waals surface area (Å²) < 4.78 is 14.1. The molecule has 162 valence electrons. The minimum Gasteiger partial charge on any atom is -0.497 e. The van der Waals surface area contributed by atoms with Crippen LogP contribution in [0.4, 0.5) is 0 Å². The topological polar surface area (TPSA) is 59.6 Å². The molecule has 0 heterocycles. The van der Waals surface area contributed by atoms with Gasteiger partial charge < -0.3 is 14.8 Å². The van der Waals surface area contributed by atoms with Crippen molar-refractivity contribution in [2.24, 2.45) is 23.7 Å². The van der Waals surface area contributed by atoms with Gasteiger partial charge in [0.2, 0.25) is 5.91 Å². The molecule has 2 aliphatic rings. The fourth-order valence-electron chi connectivity index (χ4n) is 5.11. The first kappa shape index (κ1) is 22.3. The second-order valence-electron chi connectivity index (χ2n) is 9.50. The Kier molecular flexibility index (Phi) is 7.05. The number of rotatable bonds is 7. The normalized spacial score (nSPS) is 29.2. The summed E-state index contributed by atoms with van der Waals surface area (Å²) in [6.45, 7) is 8.53. The number of hydrogen-bond donors (Lipinski definition) is 2. The van der Waals surface area contributed by atoms with Crippen molar-refractivity contribution in [2.45, 2.75) is 69.9 Å². The van der Waals surface area contributed by atoms with Gasteiger partial charge in [-0.3, -0.25) is 4.79 Å². The molecule has 0 aromatic heterocycles. The third-order valence-corrected chi connectivity index (χ3v) is 7.72. The van der Waals surface area contributed by atoms with Crippen LogP contribution in [0.15, 0.2) is 23.1 Å². The Labute approximate surface area is 179 Å². The first-order valence-electron chi connectivity index (χ1n) is 10.7. The number of methoxy groups -OCH3 is 2. The SMILES string of the molecule is COc1ccc(SNC(C)(C)C(=O)NC2C(C)CC3CC(C)CC2C3)c(OC)c1. The number of fused-ring (bicyclic) bond motifs is 2. The van der Waals surface area contributed by atoms with Crippen LogP contribution in [0.3, 0.4) is 0 Å². The number of hydrogen-bond acceptors (Lipinski definition) is 5. The molecule has 5 nitrogen and oxygen atoms in total. The van der Waals surface area contributed by atoms with Crippen LogP contribution >= 0.6 is 11.9 Å². The number of benzene rings is 1.